The molecule has 1 aliphatic rings. The highest BCUT2D eigenvalue weighted by Gasteiger charge is 2.43. The predicted molar refractivity (Wildman–Crippen MR) is 156 cm³/mol. The lowest BCUT2D eigenvalue weighted by Gasteiger charge is -2.29. The van der Waals surface area contributed by atoms with Gasteiger partial charge in [0.1, 0.15) is 17.2 Å². The summed E-state index contributed by atoms with van der Waals surface area (Å²) in [4.78, 5) is 17.6. The van der Waals surface area contributed by atoms with Crippen molar-refractivity contribution in [2.24, 2.45) is 0 Å². The number of hydrogen-bond donors (Lipinski definition) is 1. The smallest absolute Gasteiger partial charge is 0.273 e. The summed E-state index contributed by atoms with van der Waals surface area (Å²) in [6, 6.07) is 17.5. The predicted octanol–water partition coefficient (Wildman–Crippen LogP) is 5.60. The van der Waals surface area contributed by atoms with Gasteiger partial charge in [-0.05, 0) is 68.0 Å². The highest BCUT2D eigenvalue weighted by atomic mass is 32.1. The lowest BCUT2D eigenvalue weighted by molar-refractivity contribution is -0.384. The van der Waals surface area contributed by atoms with Crippen LogP contribution in [0.3, 0.4) is 0 Å². The van der Waals surface area contributed by atoms with Crippen molar-refractivity contribution in [1.82, 2.24) is 14.9 Å². The summed E-state index contributed by atoms with van der Waals surface area (Å²) in [7, 11) is 4.74. The third-order valence-electron chi connectivity index (χ3n) is 7.15. The van der Waals surface area contributed by atoms with Gasteiger partial charge in [0, 0.05) is 29.7 Å². The Morgan fingerprint density at radius 2 is 1.73 bits per heavy atom. The molecule has 1 saturated heterocycles. The Morgan fingerprint density at radius 1 is 0.950 bits per heavy atom. The number of aryl methyl sites for hydroxylation is 1. The molecule has 1 fully saturated rings. The highest BCUT2D eigenvalue weighted by molar-refractivity contribution is 7.80. The van der Waals surface area contributed by atoms with Crippen molar-refractivity contribution in [3.63, 3.8) is 0 Å². The Bertz CT molecular complexity index is 1590. The summed E-state index contributed by atoms with van der Waals surface area (Å²) in [5.41, 5.74) is 5.08. The zero-order chi connectivity index (χ0) is 28.6. The molecule has 0 aliphatic carbocycles. The molecular weight excluding hydrogens is 530 g/mol. The second kappa shape index (κ2) is 10.9. The van der Waals surface area contributed by atoms with E-state index in [0.717, 1.165) is 28.3 Å². The molecule has 1 N–H and O–H groups in total. The van der Waals surface area contributed by atoms with Crippen LogP contribution in [0.2, 0.25) is 0 Å². The Hall–Kier alpha value is -4.64. The van der Waals surface area contributed by atoms with E-state index in [4.69, 9.17) is 26.4 Å². The van der Waals surface area contributed by atoms with Crippen LogP contribution in [0.15, 0.2) is 66.9 Å². The number of thiocarbonyl (C=S) groups is 1. The second-order valence-corrected chi connectivity index (χ2v) is 9.70. The number of non-ortho nitro benzene ring substituents is 1. The SMILES string of the molecule is COc1ccc(OC)c(N2C(=S)N[C@@H](c3ccccn3)[C@H]2c2cc(C)n(-c3ccc([N+](=O)[O-])cc3OC)c2C)c1. The van der Waals surface area contributed by atoms with Crippen LogP contribution in [-0.2, 0) is 0 Å². The summed E-state index contributed by atoms with van der Waals surface area (Å²) in [5.74, 6) is 1.71. The molecule has 40 heavy (non-hydrogen) atoms. The molecule has 0 radical (unpaired) electrons. The van der Waals surface area contributed by atoms with E-state index in [1.807, 2.05) is 59.7 Å². The van der Waals surface area contributed by atoms with Crippen LogP contribution in [-0.4, -0.2) is 40.9 Å². The maximum atomic E-state index is 11.4. The minimum atomic E-state index is -0.435. The van der Waals surface area contributed by atoms with Gasteiger partial charge in [0.15, 0.2) is 5.11 Å². The Labute approximate surface area is 237 Å². The van der Waals surface area contributed by atoms with Crippen molar-refractivity contribution in [3.05, 3.63) is 99.6 Å². The van der Waals surface area contributed by atoms with Crippen LogP contribution in [0, 0.1) is 24.0 Å². The summed E-state index contributed by atoms with van der Waals surface area (Å²) < 4.78 is 18.9. The fraction of sp³-hybridized carbons (Fsp3) is 0.241. The molecule has 0 amide bonds. The van der Waals surface area contributed by atoms with Crippen molar-refractivity contribution < 1.29 is 19.1 Å². The van der Waals surface area contributed by atoms with Gasteiger partial charge in [0.2, 0.25) is 0 Å². The number of nitro benzene ring substituents is 1. The fourth-order valence-corrected chi connectivity index (χ4v) is 5.68. The summed E-state index contributed by atoms with van der Waals surface area (Å²) >= 11 is 5.92. The van der Waals surface area contributed by atoms with Gasteiger partial charge in [-0.15, -0.1) is 0 Å². The summed E-state index contributed by atoms with van der Waals surface area (Å²) in [5, 5.41) is 15.4. The third kappa shape index (κ3) is 4.58. The molecule has 11 heteroatoms. The largest absolute Gasteiger partial charge is 0.497 e. The average Bonchev–Trinajstić information content (AvgIpc) is 3.46. The number of anilines is 1. The molecule has 4 aromatic rings. The lowest BCUT2D eigenvalue weighted by Crippen LogP contribution is -2.30. The van der Waals surface area contributed by atoms with Crippen molar-refractivity contribution in [1.29, 1.82) is 0 Å². The van der Waals surface area contributed by atoms with E-state index in [2.05, 4.69) is 16.4 Å². The van der Waals surface area contributed by atoms with Crippen molar-refractivity contribution >= 4 is 28.7 Å². The van der Waals surface area contributed by atoms with Gasteiger partial charge in [-0.2, -0.15) is 0 Å². The Kier molecular flexibility index (Phi) is 7.31. The number of nitro groups is 1. The number of nitrogens with zero attached hydrogens (tertiary/aromatic N) is 4. The van der Waals surface area contributed by atoms with Gasteiger partial charge in [0.25, 0.3) is 5.69 Å². The molecule has 206 valence electrons. The average molecular weight is 560 g/mol. The van der Waals surface area contributed by atoms with Crippen molar-refractivity contribution in [2.45, 2.75) is 25.9 Å². The summed E-state index contributed by atoms with van der Waals surface area (Å²) in [6.07, 6.45) is 1.76. The van der Waals surface area contributed by atoms with Crippen LogP contribution in [0.5, 0.6) is 17.2 Å². The van der Waals surface area contributed by atoms with E-state index in [-0.39, 0.29) is 17.8 Å². The first-order valence-corrected chi connectivity index (χ1v) is 12.9. The molecule has 0 spiro atoms. The number of aromatic nitrogens is 2. The molecule has 0 unspecified atom stereocenters. The second-order valence-electron chi connectivity index (χ2n) is 9.31. The van der Waals surface area contributed by atoms with E-state index >= 15 is 0 Å². The van der Waals surface area contributed by atoms with Crippen LogP contribution in [0.25, 0.3) is 5.69 Å². The monoisotopic (exact) mass is 559 g/mol. The Morgan fingerprint density at radius 3 is 2.38 bits per heavy atom. The number of hydrogen-bond acceptors (Lipinski definition) is 7. The molecule has 5 rings (SSSR count). The van der Waals surface area contributed by atoms with Gasteiger partial charge in [-0.25, -0.2) is 0 Å². The number of pyridine rings is 1. The van der Waals surface area contributed by atoms with E-state index in [1.54, 1.807) is 26.5 Å². The van der Waals surface area contributed by atoms with Gasteiger partial charge in [-0.1, -0.05) is 6.07 Å². The zero-order valence-corrected chi connectivity index (χ0v) is 23.6. The molecule has 0 saturated carbocycles. The minimum absolute atomic E-state index is 0.0415. The van der Waals surface area contributed by atoms with E-state index in [1.165, 1.54) is 19.2 Å². The first-order valence-electron chi connectivity index (χ1n) is 12.5. The molecule has 10 nitrogen and oxygen atoms in total. The van der Waals surface area contributed by atoms with Crippen molar-refractivity contribution in [3.8, 4) is 22.9 Å². The number of ether oxygens (including phenoxy) is 3. The molecular formula is C29H29N5O5S. The van der Waals surface area contributed by atoms with Crippen LogP contribution in [0.1, 0.15) is 34.7 Å². The van der Waals surface area contributed by atoms with Crippen molar-refractivity contribution in [2.75, 3.05) is 26.2 Å². The quantitative estimate of drug-likeness (QED) is 0.168. The highest BCUT2D eigenvalue weighted by Crippen LogP contribution is 2.47. The number of methoxy groups -OCH3 is 3. The van der Waals surface area contributed by atoms with Crippen LogP contribution < -0.4 is 24.4 Å². The van der Waals surface area contributed by atoms with Crippen LogP contribution >= 0.6 is 12.2 Å². The first-order chi connectivity index (χ1) is 19.3. The molecule has 0 bridgehead atoms. The number of benzene rings is 2. The van der Waals surface area contributed by atoms with E-state index in [0.29, 0.717) is 28.0 Å². The topological polar surface area (TPSA) is 104 Å². The van der Waals surface area contributed by atoms with E-state index < -0.39 is 4.92 Å². The van der Waals surface area contributed by atoms with Gasteiger partial charge >= 0.3 is 0 Å². The number of rotatable bonds is 8. The molecule has 3 heterocycles. The van der Waals surface area contributed by atoms with E-state index in [9.17, 15) is 10.1 Å². The molecule has 2 aromatic heterocycles. The molecule has 2 atom stereocenters. The lowest BCUT2D eigenvalue weighted by atomic mass is 9.96. The number of nitrogens with one attached hydrogen (secondary N) is 1. The van der Waals surface area contributed by atoms with Gasteiger partial charge in [0.05, 0.1) is 61.5 Å². The van der Waals surface area contributed by atoms with Crippen LogP contribution in [0.4, 0.5) is 11.4 Å². The minimum Gasteiger partial charge on any atom is -0.497 e. The fourth-order valence-electron chi connectivity index (χ4n) is 5.34. The standard InChI is InChI=1S/C29H29N5O5S/c1-17-14-21(18(2)32(17)23-11-9-19(34(35)36)15-26(23)39-5)28-27(22-8-6-7-13-30-22)31-29(40)33(28)24-16-20(37-3)10-12-25(24)38-4/h6-16,27-28H,1-5H3,(H,31,40)/t27-,28+/m0/s1. The third-order valence-corrected chi connectivity index (χ3v) is 7.46. The maximum absolute atomic E-state index is 11.4. The Balaban J connectivity index is 1.72. The summed E-state index contributed by atoms with van der Waals surface area (Å²) in [6.45, 7) is 4.01. The van der Waals surface area contributed by atoms with Gasteiger partial charge in [-0.3, -0.25) is 15.1 Å². The maximum Gasteiger partial charge on any atom is 0.273 e. The molecule has 1 aliphatic heterocycles. The first kappa shape index (κ1) is 26.9. The zero-order valence-electron chi connectivity index (χ0n) is 22.7. The normalized spacial score (nSPS) is 16.5. The van der Waals surface area contributed by atoms with Gasteiger partial charge < -0.3 is 29.0 Å². The molecule has 2 aromatic carbocycles.